The predicted octanol–water partition coefficient (Wildman–Crippen LogP) is 7.15. The highest BCUT2D eigenvalue weighted by Gasteiger charge is 2.57. The van der Waals surface area contributed by atoms with Gasteiger partial charge in [-0.3, -0.25) is 9.59 Å². The minimum absolute atomic E-state index is 0.0168. The van der Waals surface area contributed by atoms with Crippen LogP contribution in [0.3, 0.4) is 0 Å². The monoisotopic (exact) mass is 830 g/mol. The fraction of sp³-hybridized carbons (Fsp3) is 0.844. The van der Waals surface area contributed by atoms with Crippen LogP contribution in [0, 0.1) is 23.7 Å². The Morgan fingerprint density at radius 2 is 1.64 bits per heavy atom. The van der Waals surface area contributed by atoms with Gasteiger partial charge in [-0.05, 0) is 96.7 Å². The summed E-state index contributed by atoms with van der Waals surface area (Å²) in [5, 5.41) is 1.09. The van der Waals surface area contributed by atoms with Crippen LogP contribution in [0.4, 0.5) is 0 Å². The summed E-state index contributed by atoms with van der Waals surface area (Å²) >= 11 is 1.80. The van der Waals surface area contributed by atoms with Crippen LogP contribution in [0.15, 0.2) is 11.6 Å². The number of carbonyl (C=O) groups is 2. The largest absolute Gasteiger partial charge is 0.462 e. The number of hydrogen-bond acceptors (Lipinski definition) is 13. The van der Waals surface area contributed by atoms with E-state index in [9.17, 15) is 4.79 Å². The number of fused-ring (bicyclic) bond motifs is 8. The number of esters is 1. The summed E-state index contributed by atoms with van der Waals surface area (Å²) in [6.45, 7) is 12.6. The molecule has 4 fully saturated rings. The number of likely N-dealkylation sites (N-methyl/N-ethyl adjacent to an activating group) is 1. The lowest BCUT2D eigenvalue weighted by atomic mass is 9.67. The molecule has 4 heterocycles. The first-order valence-corrected chi connectivity index (χ1v) is 22.9. The third-order valence-corrected chi connectivity index (χ3v) is 15.9. The number of thiazole rings is 1. The van der Waals surface area contributed by atoms with E-state index in [0.29, 0.717) is 12.5 Å². The van der Waals surface area contributed by atoms with Gasteiger partial charge in [0.2, 0.25) is 0 Å². The minimum Gasteiger partial charge on any atom is -0.462 e. The lowest BCUT2D eigenvalue weighted by molar-refractivity contribution is -0.314. The van der Waals surface area contributed by atoms with E-state index in [1.165, 1.54) is 4.88 Å². The van der Waals surface area contributed by atoms with Crippen LogP contribution >= 0.6 is 11.3 Å². The van der Waals surface area contributed by atoms with Crippen molar-refractivity contribution in [2.24, 2.45) is 23.7 Å². The van der Waals surface area contributed by atoms with E-state index < -0.39 is 18.3 Å². The molecule has 0 aromatic carbocycles. The number of hydrogen-bond donors (Lipinski definition) is 0. The molecule has 12 nitrogen and oxygen atoms in total. The van der Waals surface area contributed by atoms with Crippen molar-refractivity contribution in [3.8, 4) is 0 Å². The van der Waals surface area contributed by atoms with Gasteiger partial charge in [0, 0.05) is 61.8 Å². The molecule has 3 aliphatic heterocycles. The Bertz CT molecular complexity index is 1620. The molecule has 58 heavy (non-hydrogen) atoms. The first-order chi connectivity index (χ1) is 27.8. The number of carbonyl (C=O) groups excluding carboxylic acids is 2. The molecule has 3 aliphatic carbocycles. The van der Waals surface area contributed by atoms with Gasteiger partial charge in [-0.15, -0.1) is 11.3 Å². The number of ether oxygens (including phenoxy) is 8. The van der Waals surface area contributed by atoms with Crippen LogP contribution < -0.4 is 0 Å². The first kappa shape index (κ1) is 44.3. The molecule has 1 aromatic heterocycles. The maximum Gasteiger partial charge on any atom is 0.306 e. The van der Waals surface area contributed by atoms with Crippen molar-refractivity contribution in [1.82, 2.24) is 9.88 Å². The fourth-order valence-corrected chi connectivity index (χ4v) is 12.6. The zero-order chi connectivity index (χ0) is 41.6. The van der Waals surface area contributed by atoms with Gasteiger partial charge in [0.05, 0.1) is 41.5 Å². The summed E-state index contributed by atoms with van der Waals surface area (Å²) in [5.74, 6) is -0.364. The average Bonchev–Trinajstić information content (AvgIpc) is 3.91. The second-order valence-electron chi connectivity index (χ2n) is 18.5. The topological polar surface area (TPSA) is 124 Å². The molecule has 0 N–H and O–H groups in total. The standard InChI is InChI=1S/C45H70N2O10S/c1-12-26-14-13-15-34(57-36-17-16-33(47(7)8)24(5)53-36)23(4)39(49)31-20-29-28-18-27(56-45-42(52-11)41(51-10)40(50-9)25(6)54-45)19-32(28)43-38(46-44(58-43)22(2)3)37(29)30(31)21-35(48)55-26/h20,22-30,32-34,36-37,40-42,45H,12-19,21H2,1-11H3/t23-,24?,25?,26+,27+,28+,29+,30-,32-,33+,34+,36+,37-,40+,41?,42+,45+/m1/s1. The Labute approximate surface area is 350 Å². The SMILES string of the molecule is CC[C@H]1CCC[C@H](O[C@H]2CC[C@H](N(C)C)C(C)O2)[C@@H](C)C(=O)C2=C[C@H]3[C@@H]4C[C@H](O[C@@H]5OC(C)[C@H](OC)C(OC)[C@@H]5OC)C[C@H]4c4sc(C(C)C)nc4[C@H]3[C@@H]2CC(=O)O1. The highest BCUT2D eigenvalue weighted by atomic mass is 32.1. The van der Waals surface area contributed by atoms with Crippen LogP contribution in [-0.4, -0.2) is 125 Å². The number of rotatable bonds is 10. The van der Waals surface area contributed by atoms with Crippen LogP contribution in [0.1, 0.15) is 133 Å². The molecular weight excluding hydrogens is 761 g/mol. The quantitative estimate of drug-likeness (QED) is 0.223. The highest BCUT2D eigenvalue weighted by Crippen LogP contribution is 2.62. The van der Waals surface area contributed by atoms with Gasteiger partial charge in [-0.2, -0.15) is 0 Å². The molecular formula is C45H70N2O10S. The van der Waals surface area contributed by atoms with E-state index in [0.717, 1.165) is 61.2 Å². The molecule has 0 amide bonds. The zero-order valence-corrected chi connectivity index (χ0v) is 37.5. The second kappa shape index (κ2) is 18.7. The zero-order valence-electron chi connectivity index (χ0n) is 36.7. The van der Waals surface area contributed by atoms with Crippen molar-refractivity contribution in [2.45, 2.75) is 185 Å². The van der Waals surface area contributed by atoms with Crippen molar-refractivity contribution < 1.29 is 47.5 Å². The van der Waals surface area contributed by atoms with Gasteiger partial charge in [-0.1, -0.05) is 33.8 Å². The van der Waals surface area contributed by atoms with Gasteiger partial charge in [0.15, 0.2) is 18.4 Å². The summed E-state index contributed by atoms with van der Waals surface area (Å²) in [7, 11) is 9.18. The Morgan fingerprint density at radius 1 is 0.897 bits per heavy atom. The van der Waals surface area contributed by atoms with Gasteiger partial charge >= 0.3 is 5.97 Å². The molecule has 0 bridgehead atoms. The molecule has 3 unspecified atom stereocenters. The van der Waals surface area contributed by atoms with E-state index in [-0.39, 0.29) is 103 Å². The number of Topliss-reactive ketones (excluding diaryl/α,β-unsaturated/α-hetero) is 1. The minimum atomic E-state index is -0.632. The number of cyclic esters (lactones) is 1. The summed E-state index contributed by atoms with van der Waals surface area (Å²) in [5.41, 5.74) is 1.79. The number of methoxy groups -OCH3 is 3. The van der Waals surface area contributed by atoms with Crippen molar-refractivity contribution in [3.63, 3.8) is 0 Å². The molecule has 1 saturated carbocycles. The normalized spacial score (nSPS) is 42.2. The number of allylic oxidation sites excluding steroid dienone is 2. The first-order valence-electron chi connectivity index (χ1n) is 22.1. The lowest BCUT2D eigenvalue weighted by Gasteiger charge is -2.44. The molecule has 1 aromatic rings. The molecule has 0 radical (unpaired) electrons. The molecule has 13 heteroatoms. The second-order valence-corrected chi connectivity index (χ2v) is 19.5. The average molecular weight is 831 g/mol. The highest BCUT2D eigenvalue weighted by molar-refractivity contribution is 7.12. The maximum atomic E-state index is 15.1. The Morgan fingerprint density at radius 3 is 2.29 bits per heavy atom. The molecule has 0 spiro atoms. The maximum absolute atomic E-state index is 15.1. The van der Waals surface area contributed by atoms with Gasteiger partial charge in [-0.25, -0.2) is 4.98 Å². The van der Waals surface area contributed by atoms with E-state index >= 15 is 4.79 Å². The molecule has 7 rings (SSSR count). The summed E-state index contributed by atoms with van der Waals surface area (Å²) in [6, 6.07) is 0.324. The van der Waals surface area contributed by atoms with Crippen molar-refractivity contribution in [1.29, 1.82) is 0 Å². The van der Waals surface area contributed by atoms with E-state index in [2.05, 4.69) is 52.8 Å². The predicted molar refractivity (Wildman–Crippen MR) is 220 cm³/mol. The molecule has 326 valence electrons. The molecule has 3 saturated heterocycles. The smallest absolute Gasteiger partial charge is 0.306 e. The van der Waals surface area contributed by atoms with Crippen molar-refractivity contribution in [3.05, 3.63) is 27.2 Å². The van der Waals surface area contributed by atoms with Crippen LogP contribution in [0.5, 0.6) is 0 Å². The third-order valence-electron chi connectivity index (χ3n) is 14.4. The Hall–Kier alpha value is -1.81. The van der Waals surface area contributed by atoms with Gasteiger partial charge in [0.25, 0.3) is 0 Å². The Balaban J connectivity index is 1.20. The molecule has 17 atom stereocenters. The third kappa shape index (κ3) is 8.64. The van der Waals surface area contributed by atoms with Crippen molar-refractivity contribution >= 4 is 23.1 Å². The summed E-state index contributed by atoms with van der Waals surface area (Å²) in [6.07, 6.45) is 5.71. The van der Waals surface area contributed by atoms with Crippen LogP contribution in [0.2, 0.25) is 0 Å². The lowest BCUT2D eigenvalue weighted by Crippen LogP contribution is -2.59. The van der Waals surface area contributed by atoms with E-state index in [4.69, 9.17) is 42.9 Å². The van der Waals surface area contributed by atoms with Crippen molar-refractivity contribution in [2.75, 3.05) is 35.4 Å². The van der Waals surface area contributed by atoms with Crippen LogP contribution in [-0.2, 0) is 47.5 Å². The van der Waals surface area contributed by atoms with Gasteiger partial charge < -0.3 is 42.8 Å². The van der Waals surface area contributed by atoms with E-state index in [1.807, 2.05) is 13.8 Å². The van der Waals surface area contributed by atoms with E-state index in [1.54, 1.807) is 32.7 Å². The van der Waals surface area contributed by atoms with Gasteiger partial charge in [0.1, 0.15) is 24.4 Å². The summed E-state index contributed by atoms with van der Waals surface area (Å²) < 4.78 is 50.4. The fourth-order valence-electron chi connectivity index (χ4n) is 11.3. The van der Waals surface area contributed by atoms with Crippen LogP contribution in [0.25, 0.3) is 0 Å². The number of aromatic nitrogens is 1. The molecule has 6 aliphatic rings. The summed E-state index contributed by atoms with van der Waals surface area (Å²) in [4.78, 5) is 37.9. The number of nitrogens with zero attached hydrogens (tertiary/aromatic N) is 2. The Kier molecular flexibility index (Phi) is 14.2. The number of ketones is 1.